The molecule has 236 valence electrons. The van der Waals surface area contributed by atoms with Crippen LogP contribution in [-0.2, 0) is 18.2 Å². The number of amides is 2. The number of likely N-dealkylation sites (tertiary alicyclic amines) is 1. The number of aryl methyl sites for hydroxylation is 1. The third kappa shape index (κ3) is 6.75. The molecule has 6 rings (SSSR count). The Morgan fingerprint density at radius 2 is 1.83 bits per heavy atom. The first-order valence-electron chi connectivity index (χ1n) is 15.4. The topological polar surface area (TPSA) is 93.5 Å². The molecular weight excluding hydrogens is 583 g/mol. The van der Waals surface area contributed by atoms with Crippen molar-refractivity contribution in [3.63, 3.8) is 0 Å². The second kappa shape index (κ2) is 12.7. The fourth-order valence-electron chi connectivity index (χ4n) is 5.89. The van der Waals surface area contributed by atoms with Crippen molar-refractivity contribution in [2.75, 3.05) is 18.0 Å². The number of pyridine rings is 1. The number of anilines is 1. The molecule has 0 radical (unpaired) electrons. The van der Waals surface area contributed by atoms with Crippen molar-refractivity contribution >= 4 is 28.6 Å². The highest BCUT2D eigenvalue weighted by Gasteiger charge is 2.36. The predicted molar refractivity (Wildman–Crippen MR) is 175 cm³/mol. The second-order valence-electron chi connectivity index (χ2n) is 12.7. The van der Waals surface area contributed by atoms with Gasteiger partial charge in [0.25, 0.3) is 5.91 Å². The minimum atomic E-state index is -0.677. The molecule has 1 aliphatic heterocycles. The highest BCUT2D eigenvalue weighted by atomic mass is 19.1. The molecule has 9 nitrogen and oxygen atoms in total. The maximum Gasteiger partial charge on any atom is 0.410 e. The predicted octanol–water partition coefficient (Wildman–Crippen LogP) is 6.81. The molecule has 0 unspecified atom stereocenters. The molecule has 2 aromatic heterocycles. The standard InChI is InChI=1S/C36H37FN6O3/c1-36(2,3)46-35(45)42-18-8-11-28(22-42)43(34(44)30-15-13-27(21-31(30)37)32-23-41(4)40-39-32)33-29-14-12-25(20-26(29)16-17-38-33)19-24-9-6-5-7-10-24/h5-7,9-10,12-17,20-21,23,28H,8,11,18-19,22H2,1-4H3/t28-/m1/s1. The first-order chi connectivity index (χ1) is 22.1. The summed E-state index contributed by atoms with van der Waals surface area (Å²) in [6, 6.07) is 22.2. The van der Waals surface area contributed by atoms with E-state index < -0.39 is 29.5 Å². The van der Waals surface area contributed by atoms with Crippen LogP contribution in [0.15, 0.2) is 85.2 Å². The Kier molecular flexibility index (Phi) is 8.53. The maximum absolute atomic E-state index is 15.8. The van der Waals surface area contributed by atoms with E-state index in [1.807, 2.05) is 57.2 Å². The monoisotopic (exact) mass is 620 g/mol. The summed E-state index contributed by atoms with van der Waals surface area (Å²) in [5, 5.41) is 9.67. The van der Waals surface area contributed by atoms with E-state index in [1.165, 1.54) is 22.4 Å². The van der Waals surface area contributed by atoms with Gasteiger partial charge in [-0.1, -0.05) is 59.8 Å². The Morgan fingerprint density at radius 3 is 2.54 bits per heavy atom. The summed E-state index contributed by atoms with van der Waals surface area (Å²) in [6.45, 7) is 6.19. The highest BCUT2D eigenvalue weighted by Crippen LogP contribution is 2.32. The number of aromatic nitrogens is 4. The van der Waals surface area contributed by atoms with Gasteiger partial charge < -0.3 is 9.64 Å². The highest BCUT2D eigenvalue weighted by molar-refractivity contribution is 6.10. The number of benzene rings is 3. The maximum atomic E-state index is 15.8. The summed E-state index contributed by atoms with van der Waals surface area (Å²) in [5.41, 5.74) is 2.56. The van der Waals surface area contributed by atoms with Gasteiger partial charge in [0, 0.05) is 37.3 Å². The lowest BCUT2D eigenvalue weighted by Gasteiger charge is -2.39. The largest absolute Gasteiger partial charge is 0.444 e. The van der Waals surface area contributed by atoms with Crippen LogP contribution >= 0.6 is 0 Å². The number of nitrogens with zero attached hydrogens (tertiary/aromatic N) is 6. The fourth-order valence-corrected chi connectivity index (χ4v) is 5.89. The van der Waals surface area contributed by atoms with Crippen LogP contribution in [0.3, 0.4) is 0 Å². The Labute approximate surface area is 267 Å². The molecule has 2 amide bonds. The number of carbonyl (C=O) groups excluding carboxylic acids is 2. The van der Waals surface area contributed by atoms with Gasteiger partial charge in [-0.2, -0.15) is 0 Å². The SMILES string of the molecule is Cn1cc(-c2ccc(C(=O)N(c3nccc4cc(Cc5ccccc5)ccc34)[C@@H]3CCCN(C(=O)OC(C)(C)C)C3)c(F)c2)nn1. The normalized spacial score (nSPS) is 15.2. The zero-order valence-electron chi connectivity index (χ0n) is 26.5. The molecule has 1 fully saturated rings. The van der Waals surface area contributed by atoms with Gasteiger partial charge in [-0.05, 0) is 74.7 Å². The average molecular weight is 621 g/mol. The van der Waals surface area contributed by atoms with Crippen LogP contribution in [0, 0.1) is 5.82 Å². The minimum absolute atomic E-state index is 0.0958. The van der Waals surface area contributed by atoms with E-state index in [0.29, 0.717) is 36.5 Å². The zero-order chi connectivity index (χ0) is 32.4. The number of hydrogen-bond donors (Lipinski definition) is 0. The molecule has 46 heavy (non-hydrogen) atoms. The van der Waals surface area contributed by atoms with E-state index in [1.54, 1.807) is 35.3 Å². The van der Waals surface area contributed by atoms with E-state index in [9.17, 15) is 9.59 Å². The summed E-state index contributed by atoms with van der Waals surface area (Å²) in [7, 11) is 1.73. The summed E-state index contributed by atoms with van der Waals surface area (Å²) in [6.07, 6.45) is 4.92. The van der Waals surface area contributed by atoms with E-state index in [-0.39, 0.29) is 12.1 Å². The van der Waals surface area contributed by atoms with Gasteiger partial charge in [-0.15, -0.1) is 5.10 Å². The van der Waals surface area contributed by atoms with Gasteiger partial charge in [0.2, 0.25) is 0 Å². The van der Waals surface area contributed by atoms with Crippen molar-refractivity contribution in [1.82, 2.24) is 24.9 Å². The number of ether oxygens (including phenoxy) is 1. The molecule has 1 aliphatic rings. The van der Waals surface area contributed by atoms with Gasteiger partial charge in [0.15, 0.2) is 0 Å². The molecule has 0 aliphatic carbocycles. The van der Waals surface area contributed by atoms with Crippen molar-refractivity contribution in [2.24, 2.45) is 7.05 Å². The number of fused-ring (bicyclic) bond motifs is 1. The van der Waals surface area contributed by atoms with Crippen LogP contribution in [0.2, 0.25) is 0 Å². The third-order valence-corrected chi connectivity index (χ3v) is 8.02. The van der Waals surface area contributed by atoms with Gasteiger partial charge in [0.05, 0.1) is 17.8 Å². The van der Waals surface area contributed by atoms with Crippen LogP contribution < -0.4 is 4.90 Å². The number of hydrogen-bond acceptors (Lipinski definition) is 6. The molecule has 0 saturated carbocycles. The van der Waals surface area contributed by atoms with E-state index in [4.69, 9.17) is 9.72 Å². The fraction of sp³-hybridized carbons (Fsp3) is 0.306. The van der Waals surface area contributed by atoms with Crippen LogP contribution in [0.25, 0.3) is 22.0 Å². The van der Waals surface area contributed by atoms with Gasteiger partial charge in [0.1, 0.15) is 22.9 Å². The lowest BCUT2D eigenvalue weighted by molar-refractivity contribution is 0.0196. The van der Waals surface area contributed by atoms with E-state index in [0.717, 1.165) is 22.8 Å². The Morgan fingerprint density at radius 1 is 1.02 bits per heavy atom. The smallest absolute Gasteiger partial charge is 0.410 e. The molecule has 1 saturated heterocycles. The Balaban J connectivity index is 1.39. The first-order valence-corrected chi connectivity index (χ1v) is 15.4. The van der Waals surface area contributed by atoms with Crippen molar-refractivity contribution in [1.29, 1.82) is 0 Å². The van der Waals surface area contributed by atoms with Crippen LogP contribution in [0.1, 0.15) is 55.1 Å². The van der Waals surface area contributed by atoms with Crippen LogP contribution in [0.4, 0.5) is 15.0 Å². The van der Waals surface area contributed by atoms with Crippen molar-refractivity contribution < 1.29 is 18.7 Å². The first kappa shape index (κ1) is 30.9. The number of piperidine rings is 1. The zero-order valence-corrected chi connectivity index (χ0v) is 26.5. The molecule has 3 heterocycles. The van der Waals surface area contributed by atoms with Crippen molar-refractivity contribution in [3.05, 3.63) is 108 Å². The number of rotatable bonds is 6. The third-order valence-electron chi connectivity index (χ3n) is 8.02. The minimum Gasteiger partial charge on any atom is -0.444 e. The molecule has 3 aromatic carbocycles. The summed E-state index contributed by atoms with van der Waals surface area (Å²) >= 11 is 0. The molecule has 0 bridgehead atoms. The molecule has 0 spiro atoms. The Bertz CT molecular complexity index is 1880. The average Bonchev–Trinajstić information content (AvgIpc) is 3.47. The van der Waals surface area contributed by atoms with Gasteiger partial charge >= 0.3 is 6.09 Å². The Hall–Kier alpha value is -5.12. The van der Waals surface area contributed by atoms with Gasteiger partial charge in [-0.25, -0.2) is 14.2 Å². The quantitative estimate of drug-likeness (QED) is 0.207. The van der Waals surface area contributed by atoms with Crippen molar-refractivity contribution in [3.8, 4) is 11.3 Å². The molecular formula is C36H37FN6O3. The summed E-state index contributed by atoms with van der Waals surface area (Å²) < 4.78 is 23.0. The van der Waals surface area contributed by atoms with Crippen LogP contribution in [0.5, 0.6) is 0 Å². The summed E-state index contributed by atoms with van der Waals surface area (Å²) in [5.74, 6) is -0.793. The van der Waals surface area contributed by atoms with Crippen molar-refractivity contribution in [2.45, 2.75) is 51.7 Å². The lowest BCUT2D eigenvalue weighted by atomic mass is 9.99. The molecule has 5 aromatic rings. The van der Waals surface area contributed by atoms with E-state index in [2.05, 4.69) is 28.5 Å². The second-order valence-corrected chi connectivity index (χ2v) is 12.7. The number of carbonyl (C=O) groups is 2. The van der Waals surface area contributed by atoms with E-state index >= 15 is 4.39 Å². The molecule has 10 heteroatoms. The number of halogens is 1. The van der Waals surface area contributed by atoms with Crippen LogP contribution in [-0.4, -0.2) is 61.6 Å². The molecule has 1 atom stereocenters. The van der Waals surface area contributed by atoms with Gasteiger partial charge in [-0.3, -0.25) is 14.4 Å². The summed E-state index contributed by atoms with van der Waals surface area (Å²) in [4.78, 5) is 35.4. The molecule has 0 N–H and O–H groups in total. The lowest BCUT2D eigenvalue weighted by Crippen LogP contribution is -2.53.